The van der Waals surface area contributed by atoms with Crippen molar-refractivity contribution in [3.8, 4) is 0 Å². The SMILES string of the molecule is [Al+3].[Cl-].[Cl-].[Cl-].[Cl-].[Cl-].[Cl-].[Ga+3]. The molecule has 0 aliphatic heterocycles. The molecule has 0 heterocycles. The minimum atomic E-state index is 0. The maximum Gasteiger partial charge on any atom is 3.00 e. The minimum absolute atomic E-state index is 0. The summed E-state index contributed by atoms with van der Waals surface area (Å²) in [5.74, 6) is 0. The predicted molar refractivity (Wildman–Crippen MR) is 11.5 cm³/mol. The Balaban J connectivity index is 0. The minimum Gasteiger partial charge on any atom is -1.00 e. The van der Waals surface area contributed by atoms with Gasteiger partial charge >= 0.3 is 37.2 Å². The smallest absolute Gasteiger partial charge is 1.00 e. The van der Waals surface area contributed by atoms with E-state index in [1.807, 2.05) is 0 Å². The van der Waals surface area contributed by atoms with E-state index in [-0.39, 0.29) is 112 Å². The molecule has 0 radical (unpaired) electrons. The summed E-state index contributed by atoms with van der Waals surface area (Å²) < 4.78 is 0. The molecule has 0 rings (SSSR count). The predicted octanol–water partition coefficient (Wildman–Crippen LogP) is -18.7. The van der Waals surface area contributed by atoms with Crippen LogP contribution in [0.5, 0.6) is 0 Å². The summed E-state index contributed by atoms with van der Waals surface area (Å²) in [5, 5.41) is 0. The molecule has 0 aliphatic rings. The molecule has 0 saturated heterocycles. The zero-order chi connectivity index (χ0) is 0. The fraction of sp³-hybridized carbons (Fsp3) is 0. The van der Waals surface area contributed by atoms with Gasteiger partial charge in [0, 0.05) is 0 Å². The van der Waals surface area contributed by atoms with Crippen LogP contribution >= 0.6 is 0 Å². The third-order valence-corrected chi connectivity index (χ3v) is 0. The second-order valence-corrected chi connectivity index (χ2v) is 0. The van der Waals surface area contributed by atoms with Crippen molar-refractivity contribution in [2.75, 3.05) is 0 Å². The quantitative estimate of drug-likeness (QED) is 0.390. The topological polar surface area (TPSA) is 0 Å². The molecule has 0 N–H and O–H groups in total. The Bertz CT molecular complexity index is 8.49. The van der Waals surface area contributed by atoms with Crippen LogP contribution in [0.25, 0.3) is 0 Å². The molecule has 0 aromatic rings. The summed E-state index contributed by atoms with van der Waals surface area (Å²) >= 11 is 0. The second-order valence-electron chi connectivity index (χ2n) is 0. The summed E-state index contributed by atoms with van der Waals surface area (Å²) in [6.45, 7) is 0. The van der Waals surface area contributed by atoms with Crippen LogP contribution in [0.15, 0.2) is 0 Å². The van der Waals surface area contributed by atoms with Crippen LogP contribution in [0.3, 0.4) is 0 Å². The van der Waals surface area contributed by atoms with Gasteiger partial charge in [0.1, 0.15) is 0 Å². The van der Waals surface area contributed by atoms with Gasteiger partial charge in [-0.3, -0.25) is 0 Å². The van der Waals surface area contributed by atoms with E-state index in [4.69, 9.17) is 0 Å². The summed E-state index contributed by atoms with van der Waals surface area (Å²) in [7, 11) is 0. The first-order valence-corrected chi connectivity index (χ1v) is 0. The van der Waals surface area contributed by atoms with Crippen molar-refractivity contribution >= 4 is 37.2 Å². The van der Waals surface area contributed by atoms with E-state index < -0.39 is 0 Å². The molecule has 8 heteroatoms. The molecule has 0 bridgehead atoms. The zero-order valence-electron chi connectivity index (χ0n) is 3.42. The Morgan fingerprint density at radius 1 is 0.375 bits per heavy atom. The number of hydrogen-bond donors (Lipinski definition) is 0. The zero-order valence-corrected chi connectivity index (χ0v) is 11.5. The average molecular weight is 309 g/mol. The summed E-state index contributed by atoms with van der Waals surface area (Å²) in [6.07, 6.45) is 0. The first-order valence-electron chi connectivity index (χ1n) is 0. The normalized spacial score (nSPS) is 0. The van der Waals surface area contributed by atoms with Crippen LogP contribution in [0.4, 0.5) is 0 Å². The molecule has 0 saturated carbocycles. The van der Waals surface area contributed by atoms with Crippen molar-refractivity contribution in [3.63, 3.8) is 0 Å². The molecule has 0 atom stereocenters. The van der Waals surface area contributed by atoms with Gasteiger partial charge in [-0.1, -0.05) is 0 Å². The number of hydrogen-bond acceptors (Lipinski definition) is 0. The maximum atomic E-state index is 0. The van der Waals surface area contributed by atoms with Crippen molar-refractivity contribution in [2.24, 2.45) is 0 Å². The van der Waals surface area contributed by atoms with E-state index in [1.54, 1.807) is 0 Å². The standard InChI is InChI=1S/Al.6ClH.Ga/h;6*1H;/q+3;;;;;;;+3/p-6. The number of rotatable bonds is 0. The summed E-state index contributed by atoms with van der Waals surface area (Å²) in [5.41, 5.74) is 0. The maximum absolute atomic E-state index is 0. The molecule has 0 aromatic heterocycles. The largest absolute Gasteiger partial charge is 3.00 e. The Morgan fingerprint density at radius 2 is 0.375 bits per heavy atom. The molecule has 8 heavy (non-hydrogen) atoms. The Kier molecular flexibility index (Phi) is 1470. The Morgan fingerprint density at radius 3 is 0.375 bits per heavy atom. The molecule has 0 aromatic carbocycles. The van der Waals surface area contributed by atoms with Gasteiger partial charge in [-0.15, -0.1) is 0 Å². The van der Waals surface area contributed by atoms with Crippen LogP contribution < -0.4 is 74.4 Å². The van der Waals surface area contributed by atoms with Gasteiger partial charge in [0.2, 0.25) is 0 Å². The van der Waals surface area contributed by atoms with Gasteiger partial charge < -0.3 is 74.4 Å². The van der Waals surface area contributed by atoms with Gasteiger partial charge in [0.15, 0.2) is 0 Å². The molecular formula is AlCl6Ga. The van der Waals surface area contributed by atoms with Gasteiger partial charge in [0.05, 0.1) is 0 Å². The van der Waals surface area contributed by atoms with Crippen molar-refractivity contribution in [2.45, 2.75) is 0 Å². The summed E-state index contributed by atoms with van der Waals surface area (Å²) in [6, 6.07) is 0. The van der Waals surface area contributed by atoms with Crippen LogP contribution in [0.2, 0.25) is 0 Å². The molecule has 0 spiro atoms. The van der Waals surface area contributed by atoms with E-state index in [9.17, 15) is 0 Å². The first kappa shape index (κ1) is 127. The van der Waals surface area contributed by atoms with Crippen molar-refractivity contribution in [3.05, 3.63) is 0 Å². The molecule has 0 unspecified atom stereocenters. The first-order chi connectivity index (χ1) is 0. The third kappa shape index (κ3) is 65.9. The van der Waals surface area contributed by atoms with Gasteiger partial charge in [-0.05, 0) is 0 Å². The molecule has 0 aliphatic carbocycles. The van der Waals surface area contributed by atoms with Crippen molar-refractivity contribution in [1.29, 1.82) is 0 Å². The van der Waals surface area contributed by atoms with Crippen molar-refractivity contribution in [1.82, 2.24) is 0 Å². The van der Waals surface area contributed by atoms with Gasteiger partial charge in [-0.2, -0.15) is 0 Å². The molecule has 0 fully saturated rings. The van der Waals surface area contributed by atoms with E-state index >= 15 is 0 Å². The average Bonchev–Trinajstić information content (AvgIpc) is 0. The summed E-state index contributed by atoms with van der Waals surface area (Å²) in [4.78, 5) is 0. The van der Waals surface area contributed by atoms with Gasteiger partial charge in [-0.25, -0.2) is 0 Å². The molecule has 0 amide bonds. The second kappa shape index (κ2) is 92.9. The van der Waals surface area contributed by atoms with E-state index in [1.165, 1.54) is 0 Å². The monoisotopic (exact) mass is 306 g/mol. The van der Waals surface area contributed by atoms with Crippen LogP contribution in [-0.4, -0.2) is 37.2 Å². The van der Waals surface area contributed by atoms with E-state index in [0.29, 0.717) is 0 Å². The Labute approximate surface area is 110 Å². The van der Waals surface area contributed by atoms with E-state index in [0.717, 1.165) is 0 Å². The van der Waals surface area contributed by atoms with E-state index in [2.05, 4.69) is 0 Å². The van der Waals surface area contributed by atoms with Crippen LogP contribution in [-0.2, 0) is 0 Å². The molecule has 0 nitrogen and oxygen atoms in total. The van der Waals surface area contributed by atoms with Gasteiger partial charge in [0.25, 0.3) is 0 Å². The fourth-order valence-electron chi connectivity index (χ4n) is 0. The number of halogens is 6. The third-order valence-electron chi connectivity index (χ3n) is 0. The van der Waals surface area contributed by atoms with Crippen LogP contribution in [0, 0.1) is 0 Å². The molecule has 48 valence electrons. The molecular weight excluding hydrogens is 309 g/mol. The van der Waals surface area contributed by atoms with Crippen LogP contribution in [0.1, 0.15) is 0 Å². The van der Waals surface area contributed by atoms with Crippen molar-refractivity contribution < 1.29 is 74.4 Å². The fourth-order valence-corrected chi connectivity index (χ4v) is 0. The Hall–Kier alpha value is 2.91.